The normalized spacial score (nSPS) is 17.0. The second-order valence-corrected chi connectivity index (χ2v) is 5.50. The molecule has 1 fully saturated rings. The lowest BCUT2D eigenvalue weighted by Crippen LogP contribution is -2.41. The number of hydrogen-bond donors (Lipinski definition) is 2. The number of halogens is 1. The Morgan fingerprint density at radius 3 is 2.78 bits per heavy atom. The van der Waals surface area contributed by atoms with Crippen LogP contribution in [0.1, 0.15) is 43.0 Å². The van der Waals surface area contributed by atoms with Crippen LogP contribution in [0.15, 0.2) is 18.2 Å². The Balaban J connectivity index is 2.02. The van der Waals surface area contributed by atoms with Crippen molar-refractivity contribution in [2.24, 2.45) is 5.41 Å². The molecule has 0 saturated heterocycles. The summed E-state index contributed by atoms with van der Waals surface area (Å²) in [6.07, 6.45) is 4.78. The number of carbonyl (C=O) groups is 1. The maximum Gasteiger partial charge on any atom is 0.253 e. The SMILES string of the molecule is CCC1(CNC(=O)c2cccc(Cl)c2N)CCC1. The lowest BCUT2D eigenvalue weighted by atomic mass is 9.67. The van der Waals surface area contributed by atoms with E-state index in [1.165, 1.54) is 19.3 Å². The molecule has 98 valence electrons. The summed E-state index contributed by atoms with van der Waals surface area (Å²) in [6, 6.07) is 5.13. The van der Waals surface area contributed by atoms with Crippen LogP contribution in [-0.2, 0) is 0 Å². The minimum absolute atomic E-state index is 0.130. The van der Waals surface area contributed by atoms with Crippen LogP contribution in [0, 0.1) is 5.41 Å². The van der Waals surface area contributed by atoms with Crippen molar-refractivity contribution in [3.05, 3.63) is 28.8 Å². The predicted molar refractivity (Wildman–Crippen MR) is 74.8 cm³/mol. The van der Waals surface area contributed by atoms with Gasteiger partial charge in [0.25, 0.3) is 5.91 Å². The van der Waals surface area contributed by atoms with Crippen molar-refractivity contribution in [1.82, 2.24) is 5.32 Å². The summed E-state index contributed by atoms with van der Waals surface area (Å²) in [4.78, 5) is 12.1. The Bertz CT molecular complexity index is 450. The van der Waals surface area contributed by atoms with Crippen LogP contribution in [0.4, 0.5) is 5.69 Å². The molecule has 0 heterocycles. The molecule has 0 bridgehead atoms. The van der Waals surface area contributed by atoms with Crippen molar-refractivity contribution in [2.75, 3.05) is 12.3 Å². The third-order valence-corrected chi connectivity index (χ3v) is 4.42. The van der Waals surface area contributed by atoms with Crippen molar-refractivity contribution in [3.63, 3.8) is 0 Å². The van der Waals surface area contributed by atoms with Crippen LogP contribution < -0.4 is 11.1 Å². The highest BCUT2D eigenvalue weighted by Gasteiger charge is 2.35. The molecule has 0 aliphatic heterocycles. The molecule has 3 nitrogen and oxygen atoms in total. The van der Waals surface area contributed by atoms with Gasteiger partial charge in [-0.1, -0.05) is 31.0 Å². The fraction of sp³-hybridized carbons (Fsp3) is 0.500. The minimum Gasteiger partial charge on any atom is -0.397 e. The van der Waals surface area contributed by atoms with Gasteiger partial charge in [0.05, 0.1) is 16.3 Å². The molecule has 1 aliphatic carbocycles. The number of amides is 1. The highest BCUT2D eigenvalue weighted by molar-refractivity contribution is 6.33. The smallest absolute Gasteiger partial charge is 0.253 e. The van der Waals surface area contributed by atoms with Crippen molar-refractivity contribution >= 4 is 23.2 Å². The molecule has 0 atom stereocenters. The Hall–Kier alpha value is -1.22. The summed E-state index contributed by atoms with van der Waals surface area (Å²) < 4.78 is 0. The lowest BCUT2D eigenvalue weighted by molar-refractivity contribution is 0.0851. The number of para-hydroxylation sites is 1. The molecular formula is C14H19ClN2O. The van der Waals surface area contributed by atoms with Crippen molar-refractivity contribution in [2.45, 2.75) is 32.6 Å². The van der Waals surface area contributed by atoms with Crippen molar-refractivity contribution in [3.8, 4) is 0 Å². The van der Waals surface area contributed by atoms with E-state index in [9.17, 15) is 4.79 Å². The topological polar surface area (TPSA) is 55.1 Å². The number of benzene rings is 1. The number of rotatable bonds is 4. The first-order valence-corrected chi connectivity index (χ1v) is 6.78. The van der Waals surface area contributed by atoms with E-state index in [1.54, 1.807) is 18.2 Å². The minimum atomic E-state index is -0.130. The van der Waals surface area contributed by atoms with E-state index in [0.29, 0.717) is 21.7 Å². The molecule has 0 spiro atoms. The quantitative estimate of drug-likeness (QED) is 0.822. The summed E-state index contributed by atoms with van der Waals surface area (Å²) in [5.41, 5.74) is 6.94. The van der Waals surface area contributed by atoms with Gasteiger partial charge in [0.2, 0.25) is 0 Å². The Kier molecular flexibility index (Phi) is 3.81. The average molecular weight is 267 g/mol. The Morgan fingerprint density at radius 2 is 2.22 bits per heavy atom. The van der Waals surface area contributed by atoms with Gasteiger partial charge in [0, 0.05) is 6.54 Å². The standard InChI is InChI=1S/C14H19ClN2O/c1-2-14(7-4-8-14)9-17-13(18)10-5-3-6-11(15)12(10)16/h3,5-6H,2,4,7-9,16H2,1H3,(H,17,18). The monoisotopic (exact) mass is 266 g/mol. The number of carbonyl (C=O) groups excluding carboxylic acids is 1. The number of anilines is 1. The van der Waals surface area contributed by atoms with E-state index < -0.39 is 0 Å². The molecule has 3 N–H and O–H groups in total. The summed E-state index contributed by atoms with van der Waals surface area (Å²) in [5, 5.41) is 3.41. The summed E-state index contributed by atoms with van der Waals surface area (Å²) in [6.45, 7) is 2.91. The van der Waals surface area contributed by atoms with Crippen LogP contribution in [0.5, 0.6) is 0 Å². The molecular weight excluding hydrogens is 248 g/mol. The molecule has 18 heavy (non-hydrogen) atoms. The van der Waals surface area contributed by atoms with Gasteiger partial charge < -0.3 is 11.1 Å². The molecule has 4 heteroatoms. The first-order valence-electron chi connectivity index (χ1n) is 6.40. The van der Waals surface area contributed by atoms with E-state index in [4.69, 9.17) is 17.3 Å². The zero-order valence-corrected chi connectivity index (χ0v) is 11.4. The molecule has 1 aliphatic rings. The summed E-state index contributed by atoms with van der Waals surface area (Å²) in [5.74, 6) is -0.130. The van der Waals surface area contributed by atoms with E-state index in [0.717, 1.165) is 13.0 Å². The fourth-order valence-corrected chi connectivity index (χ4v) is 2.60. The van der Waals surface area contributed by atoms with Crippen molar-refractivity contribution < 1.29 is 4.79 Å². The molecule has 1 amide bonds. The highest BCUT2D eigenvalue weighted by atomic mass is 35.5. The number of nitrogens with one attached hydrogen (secondary N) is 1. The molecule has 0 radical (unpaired) electrons. The van der Waals surface area contributed by atoms with Crippen LogP contribution in [0.2, 0.25) is 5.02 Å². The van der Waals surface area contributed by atoms with Crippen LogP contribution >= 0.6 is 11.6 Å². The zero-order valence-electron chi connectivity index (χ0n) is 10.6. The second kappa shape index (κ2) is 5.19. The molecule has 2 rings (SSSR count). The van der Waals surface area contributed by atoms with Gasteiger partial charge in [0.1, 0.15) is 0 Å². The molecule has 1 aromatic rings. The summed E-state index contributed by atoms with van der Waals surface area (Å²) >= 11 is 5.91. The first kappa shape index (κ1) is 13.2. The predicted octanol–water partition coefficient (Wildman–Crippen LogP) is 3.23. The Morgan fingerprint density at radius 1 is 1.50 bits per heavy atom. The van der Waals surface area contributed by atoms with Gasteiger partial charge >= 0.3 is 0 Å². The van der Waals surface area contributed by atoms with Gasteiger partial charge in [-0.25, -0.2) is 0 Å². The third-order valence-electron chi connectivity index (χ3n) is 4.09. The van der Waals surface area contributed by atoms with E-state index in [1.807, 2.05) is 0 Å². The zero-order chi connectivity index (χ0) is 13.2. The van der Waals surface area contributed by atoms with E-state index in [-0.39, 0.29) is 5.91 Å². The van der Waals surface area contributed by atoms with Crippen LogP contribution in [-0.4, -0.2) is 12.5 Å². The molecule has 1 saturated carbocycles. The van der Waals surface area contributed by atoms with Gasteiger partial charge in [-0.2, -0.15) is 0 Å². The molecule has 0 aromatic heterocycles. The molecule has 0 unspecified atom stereocenters. The Labute approximate surface area is 113 Å². The number of nitrogens with two attached hydrogens (primary N) is 1. The van der Waals surface area contributed by atoms with Gasteiger partial charge in [-0.3, -0.25) is 4.79 Å². The lowest BCUT2D eigenvalue weighted by Gasteiger charge is -2.41. The third kappa shape index (κ3) is 2.46. The maximum atomic E-state index is 12.1. The van der Waals surface area contributed by atoms with Crippen LogP contribution in [0.3, 0.4) is 0 Å². The van der Waals surface area contributed by atoms with Crippen LogP contribution in [0.25, 0.3) is 0 Å². The second-order valence-electron chi connectivity index (χ2n) is 5.09. The summed E-state index contributed by atoms with van der Waals surface area (Å²) in [7, 11) is 0. The maximum absolute atomic E-state index is 12.1. The number of nitrogen functional groups attached to an aromatic ring is 1. The van der Waals surface area contributed by atoms with E-state index in [2.05, 4.69) is 12.2 Å². The molecule has 1 aromatic carbocycles. The first-order chi connectivity index (χ1) is 8.58. The fourth-order valence-electron chi connectivity index (χ4n) is 2.43. The van der Waals surface area contributed by atoms with Gasteiger partial charge in [0.15, 0.2) is 0 Å². The van der Waals surface area contributed by atoms with Gasteiger partial charge in [-0.05, 0) is 36.8 Å². The van der Waals surface area contributed by atoms with Crippen molar-refractivity contribution in [1.29, 1.82) is 0 Å². The highest BCUT2D eigenvalue weighted by Crippen LogP contribution is 2.43. The van der Waals surface area contributed by atoms with E-state index >= 15 is 0 Å². The van der Waals surface area contributed by atoms with Gasteiger partial charge in [-0.15, -0.1) is 0 Å². The number of hydrogen-bond acceptors (Lipinski definition) is 2. The average Bonchev–Trinajstić information content (AvgIpc) is 2.31. The largest absolute Gasteiger partial charge is 0.397 e.